The number of ether oxygens (including phenoxy) is 1. The molecule has 5 atom stereocenters. The lowest BCUT2D eigenvalue weighted by Gasteiger charge is -2.29. The van der Waals surface area contributed by atoms with Gasteiger partial charge in [-0.3, -0.25) is 28.8 Å². The van der Waals surface area contributed by atoms with E-state index in [9.17, 15) is 14.4 Å². The van der Waals surface area contributed by atoms with Crippen LogP contribution in [0.3, 0.4) is 0 Å². The Morgan fingerprint density at radius 3 is 2.50 bits per heavy atom. The molecule has 7 heterocycles. The Kier molecular flexibility index (Phi) is 14.0. The molecule has 0 bridgehead atoms. The highest BCUT2D eigenvalue weighted by atomic mass is 35.5. The van der Waals surface area contributed by atoms with Gasteiger partial charge in [-0.15, -0.1) is 32.9 Å². The van der Waals surface area contributed by atoms with Crippen molar-refractivity contribution in [2.24, 2.45) is 16.8 Å². The minimum atomic E-state index is -0.639. The molecule has 18 heteroatoms. The second kappa shape index (κ2) is 20.1. The van der Waals surface area contributed by atoms with Crippen LogP contribution in [0.25, 0.3) is 15.4 Å². The summed E-state index contributed by atoms with van der Waals surface area (Å²) in [6.45, 7) is 17.4. The fraction of sp³-hybridized carbons (Fsp3) is 0.440. The van der Waals surface area contributed by atoms with Crippen molar-refractivity contribution in [2.75, 3.05) is 32.8 Å². The number of benzene rings is 2. The molecule has 2 fully saturated rings. The summed E-state index contributed by atoms with van der Waals surface area (Å²) < 4.78 is 13.9. The van der Waals surface area contributed by atoms with E-state index in [2.05, 4.69) is 61.2 Å². The minimum absolute atomic E-state index is 0.0415. The Balaban J connectivity index is 0.776. The zero-order valence-electron chi connectivity index (χ0n) is 39.4. The van der Waals surface area contributed by atoms with Crippen LogP contribution in [0.1, 0.15) is 102 Å². The predicted molar refractivity (Wildman–Crippen MR) is 264 cm³/mol. The maximum absolute atomic E-state index is 14.3. The number of nitrogens with one attached hydrogen (secondary N) is 2. The van der Waals surface area contributed by atoms with Gasteiger partial charge in [0.05, 0.1) is 28.2 Å². The molecule has 2 aromatic carbocycles. The lowest BCUT2D eigenvalue weighted by Crippen LogP contribution is -2.47. The number of aromatic nitrogens is 5. The normalized spacial score (nSPS) is 19.7. The summed E-state index contributed by atoms with van der Waals surface area (Å²) >= 11 is 9.57. The lowest BCUT2D eigenvalue weighted by atomic mass is 9.91. The van der Waals surface area contributed by atoms with Crippen LogP contribution in [0.2, 0.25) is 5.02 Å². The highest BCUT2D eigenvalue weighted by Crippen LogP contribution is 2.40. The van der Waals surface area contributed by atoms with Gasteiger partial charge in [0.15, 0.2) is 11.6 Å². The number of nitrogens with zero attached hydrogens (tertiary/aromatic N) is 8. The van der Waals surface area contributed by atoms with Crippen LogP contribution in [0.4, 0.5) is 0 Å². The Hall–Kier alpha value is -5.75. The van der Waals surface area contributed by atoms with E-state index in [0.717, 1.165) is 67.9 Å². The average Bonchev–Trinajstić information content (AvgIpc) is 4.19. The monoisotopic (exact) mass is 976 g/mol. The molecular weight excluding hydrogens is 920 g/mol. The first-order valence-electron chi connectivity index (χ1n) is 23.3. The molecular formula is C50H57ClN10O5S2. The molecule has 2 N–H and O–H groups in total. The fourth-order valence-corrected chi connectivity index (χ4v) is 11.8. The summed E-state index contributed by atoms with van der Waals surface area (Å²) in [7, 11) is 0. The quantitative estimate of drug-likeness (QED) is 0.102. The molecule has 0 spiro atoms. The molecule has 0 unspecified atom stereocenters. The number of carbonyl (C=O) groups is 3. The van der Waals surface area contributed by atoms with Gasteiger partial charge >= 0.3 is 0 Å². The van der Waals surface area contributed by atoms with Crippen molar-refractivity contribution in [3.63, 3.8) is 0 Å². The molecule has 0 aliphatic carbocycles. The number of thiophene rings is 1. The first-order chi connectivity index (χ1) is 32.7. The predicted octanol–water partition coefficient (Wildman–Crippen LogP) is 8.17. The van der Waals surface area contributed by atoms with Gasteiger partial charge < -0.3 is 24.8 Å². The van der Waals surface area contributed by atoms with Crippen molar-refractivity contribution < 1.29 is 23.6 Å². The van der Waals surface area contributed by atoms with Crippen molar-refractivity contribution in [1.29, 1.82) is 0 Å². The van der Waals surface area contributed by atoms with Crippen LogP contribution in [0.5, 0.6) is 5.88 Å². The van der Waals surface area contributed by atoms with Gasteiger partial charge in [0, 0.05) is 65.9 Å². The van der Waals surface area contributed by atoms with Crippen molar-refractivity contribution in [3.8, 4) is 21.3 Å². The van der Waals surface area contributed by atoms with Gasteiger partial charge in [0.2, 0.25) is 17.7 Å². The first kappa shape index (κ1) is 47.3. The van der Waals surface area contributed by atoms with Crippen molar-refractivity contribution >= 4 is 57.7 Å². The number of carbonyl (C=O) groups excluding carboxylic acids is 3. The van der Waals surface area contributed by atoms with E-state index in [1.165, 1.54) is 4.88 Å². The molecule has 2 saturated heterocycles. The number of hydrogen-bond acceptors (Lipinski definition) is 13. The van der Waals surface area contributed by atoms with Crippen LogP contribution in [0, 0.1) is 39.5 Å². The number of thiazole rings is 1. The van der Waals surface area contributed by atoms with E-state index in [1.54, 1.807) is 33.6 Å². The number of halogens is 1. The summed E-state index contributed by atoms with van der Waals surface area (Å²) in [5, 5.41) is 21.1. The molecule has 3 amide bonds. The second-order valence-corrected chi connectivity index (χ2v) is 21.1. The first-order valence-corrected chi connectivity index (χ1v) is 25.3. The van der Waals surface area contributed by atoms with Crippen LogP contribution < -0.4 is 15.4 Å². The maximum Gasteiger partial charge on any atom is 0.254 e. The average molecular weight is 978 g/mol. The summed E-state index contributed by atoms with van der Waals surface area (Å²) in [6, 6.07) is 16.3. The number of fused-ring (bicyclic) bond motifs is 3. The molecule has 68 heavy (non-hydrogen) atoms. The Morgan fingerprint density at radius 2 is 1.76 bits per heavy atom. The second-order valence-electron chi connectivity index (χ2n) is 18.6. The molecule has 3 aliphatic heterocycles. The third-order valence-electron chi connectivity index (χ3n) is 13.3. The molecule has 0 saturated carbocycles. The number of aryl methyl sites for hydroxylation is 3. The number of amides is 3. The number of rotatable bonds is 15. The fourth-order valence-electron chi connectivity index (χ4n) is 9.63. The topological polar surface area (TPSA) is 173 Å². The molecule has 6 aromatic rings. The van der Waals surface area contributed by atoms with E-state index < -0.39 is 18.0 Å². The van der Waals surface area contributed by atoms with Gasteiger partial charge in [-0.2, -0.15) is 0 Å². The highest BCUT2D eigenvalue weighted by molar-refractivity contribution is 7.15. The van der Waals surface area contributed by atoms with Crippen LogP contribution in [-0.2, 0) is 20.9 Å². The zero-order valence-corrected chi connectivity index (χ0v) is 41.8. The molecule has 356 valence electrons. The Morgan fingerprint density at radius 1 is 1.00 bits per heavy atom. The van der Waals surface area contributed by atoms with Gasteiger partial charge in [0.1, 0.15) is 35.4 Å². The maximum atomic E-state index is 14.3. The van der Waals surface area contributed by atoms with Gasteiger partial charge in [-0.25, -0.2) is 4.98 Å². The summed E-state index contributed by atoms with van der Waals surface area (Å²) in [4.78, 5) is 57.6. The van der Waals surface area contributed by atoms with Gasteiger partial charge in [0.25, 0.3) is 5.88 Å². The van der Waals surface area contributed by atoms with Crippen molar-refractivity contribution in [3.05, 3.63) is 115 Å². The molecule has 4 aromatic heterocycles. The van der Waals surface area contributed by atoms with Crippen LogP contribution >= 0.6 is 34.3 Å². The van der Waals surface area contributed by atoms with E-state index in [0.29, 0.717) is 61.7 Å². The van der Waals surface area contributed by atoms with Crippen molar-refractivity contribution in [2.45, 2.75) is 98.3 Å². The van der Waals surface area contributed by atoms with Crippen molar-refractivity contribution in [1.82, 2.24) is 45.3 Å². The minimum Gasteiger partial charge on any atom is -0.474 e. The summed E-state index contributed by atoms with van der Waals surface area (Å²) in [6.07, 6.45) is 1.49. The van der Waals surface area contributed by atoms with E-state index in [-0.39, 0.29) is 42.0 Å². The van der Waals surface area contributed by atoms with Crippen LogP contribution in [0.15, 0.2) is 69.6 Å². The SMILES string of the molecule is Cc1ncsc1-c1ccc(CNC(=O)[C@@H]2C[C@@H](C)CN2C(=O)[C@H](c2cc(OCCN3CC[C@H](NC(=O)C[C@@H]4N=C(c5ccc(Cl)cc5)c5c(sc(C)c5C)-n5c(C)nnc54)C3)no2)C(C)C)cc1. The number of likely N-dealkylation sites (tertiary alicyclic amines) is 2. The summed E-state index contributed by atoms with van der Waals surface area (Å²) in [5.74, 6) is 1.07. The molecule has 0 radical (unpaired) electrons. The van der Waals surface area contributed by atoms with E-state index >= 15 is 0 Å². The lowest BCUT2D eigenvalue weighted by molar-refractivity contribution is -0.140. The smallest absolute Gasteiger partial charge is 0.254 e. The van der Waals surface area contributed by atoms with Gasteiger partial charge in [-0.05, 0) is 86.4 Å². The van der Waals surface area contributed by atoms with E-state index in [4.69, 9.17) is 25.9 Å². The number of aliphatic imine (C=N–C) groups is 1. The largest absolute Gasteiger partial charge is 0.474 e. The van der Waals surface area contributed by atoms with Crippen LogP contribution in [-0.4, -0.2) is 103 Å². The highest BCUT2D eigenvalue weighted by Gasteiger charge is 2.43. The summed E-state index contributed by atoms with van der Waals surface area (Å²) in [5.41, 5.74) is 8.81. The Labute approximate surface area is 409 Å². The molecule has 15 nitrogen and oxygen atoms in total. The third kappa shape index (κ3) is 9.89. The molecule has 3 aliphatic rings. The number of hydrogen-bond donors (Lipinski definition) is 2. The standard InChI is InChI=1S/C50H57ClN10O5S2/c1-27(2)43(49(64)60-24-28(3)20-39(60)48(63)52-23-33-8-10-35(11-9-33)46-30(5)53-26-67-46)40-22-42(58-66-40)65-19-18-59-17-16-37(25-59)54-41(62)21-38-47-57-56-32(7)61(47)50-44(29(4)31(6)68-50)45(55-38)34-12-14-36(51)15-13-34/h8-15,22,26-28,37-39,43H,16-21,23-25H2,1-7H3,(H,52,63)(H,54,62)/t28-,37+,38+,39+,43+/m1/s1. The third-order valence-corrected chi connectivity index (χ3v) is 15.7. The van der Waals surface area contributed by atoms with Gasteiger partial charge in [-0.1, -0.05) is 68.8 Å². The zero-order chi connectivity index (χ0) is 47.8. The molecule has 9 rings (SSSR count). The van der Waals surface area contributed by atoms with E-state index in [1.807, 2.05) is 81.7 Å². The Bertz CT molecular complexity index is 2830.